The number of carbonyl (C=O) groups is 1. The Morgan fingerprint density at radius 2 is 2.06 bits per heavy atom. The minimum atomic E-state index is -4.39. The lowest BCUT2D eigenvalue weighted by atomic mass is 9.93. The molecule has 31 heavy (non-hydrogen) atoms. The van der Waals surface area contributed by atoms with Crippen molar-refractivity contribution in [2.45, 2.75) is 18.6 Å². The summed E-state index contributed by atoms with van der Waals surface area (Å²) in [6.45, 7) is -0.126. The van der Waals surface area contributed by atoms with Gasteiger partial charge in [-0.05, 0) is 12.5 Å². The first kappa shape index (κ1) is 20.8. The normalized spacial score (nSPS) is 19.6. The number of nitrogen functional groups attached to an aromatic ring is 1. The summed E-state index contributed by atoms with van der Waals surface area (Å²) in [5, 5.41) is 2.59. The molecule has 1 aliphatic rings. The molecule has 0 saturated carbocycles. The maximum Gasteiger partial charge on any atom is 0.393 e. The zero-order chi connectivity index (χ0) is 22.3. The Bertz CT molecular complexity index is 1130. The van der Waals surface area contributed by atoms with Gasteiger partial charge in [-0.25, -0.2) is 9.37 Å². The number of hydrogen-bond acceptors (Lipinski definition) is 7. The lowest BCUT2D eigenvalue weighted by Gasteiger charge is -2.39. The third kappa shape index (κ3) is 4.10. The van der Waals surface area contributed by atoms with Gasteiger partial charge in [0.1, 0.15) is 16.9 Å². The van der Waals surface area contributed by atoms with Crippen molar-refractivity contribution in [3.05, 3.63) is 42.1 Å². The van der Waals surface area contributed by atoms with Crippen molar-refractivity contribution in [1.29, 1.82) is 0 Å². The highest BCUT2D eigenvalue weighted by molar-refractivity contribution is 6.15. The van der Waals surface area contributed by atoms with Crippen LogP contribution in [0.25, 0.3) is 11.1 Å². The quantitative estimate of drug-likeness (QED) is 0.537. The number of halogens is 4. The molecule has 8 nitrogen and oxygen atoms in total. The standard InChI is InChI=1S/C19H18F4N6O2/c20-10-4-14-16(27-5-10)15(17(25)31-14)18(30)28-12-6-26-2-1-13(12)29-7-9(19(21,22)23)3-11(24)8-29/h1-2,4-6,9,11H,3,7-8,24-25H2,(H,28,30)/t9-,11+/m1/s1. The van der Waals surface area contributed by atoms with E-state index < -0.39 is 29.9 Å². The number of alkyl halides is 3. The Morgan fingerprint density at radius 3 is 2.81 bits per heavy atom. The summed E-state index contributed by atoms with van der Waals surface area (Å²) in [5.41, 5.74) is 12.0. The minimum Gasteiger partial charge on any atom is -0.438 e. The molecule has 0 radical (unpaired) electrons. The summed E-state index contributed by atoms with van der Waals surface area (Å²) in [4.78, 5) is 22.1. The number of amides is 1. The van der Waals surface area contributed by atoms with E-state index in [4.69, 9.17) is 15.9 Å². The number of nitrogens with one attached hydrogen (secondary N) is 1. The second-order valence-electron chi connectivity index (χ2n) is 7.33. The maximum atomic E-state index is 13.4. The van der Waals surface area contributed by atoms with Gasteiger partial charge in [0, 0.05) is 31.4 Å². The van der Waals surface area contributed by atoms with Crippen molar-refractivity contribution >= 4 is 34.3 Å². The molecule has 4 rings (SSSR count). The molecular weight excluding hydrogens is 420 g/mol. The number of nitrogens with two attached hydrogens (primary N) is 2. The zero-order valence-electron chi connectivity index (χ0n) is 16.0. The molecule has 5 N–H and O–H groups in total. The molecule has 0 bridgehead atoms. The minimum absolute atomic E-state index is 0.0101. The molecule has 4 heterocycles. The third-order valence-corrected chi connectivity index (χ3v) is 5.08. The predicted molar refractivity (Wildman–Crippen MR) is 105 cm³/mol. The van der Waals surface area contributed by atoms with E-state index >= 15 is 0 Å². The number of pyridine rings is 2. The number of rotatable bonds is 3. The van der Waals surface area contributed by atoms with Gasteiger partial charge in [-0.15, -0.1) is 0 Å². The van der Waals surface area contributed by atoms with E-state index in [1.54, 1.807) is 0 Å². The van der Waals surface area contributed by atoms with Crippen LogP contribution in [-0.2, 0) is 0 Å². The molecule has 1 amide bonds. The molecule has 164 valence electrons. The third-order valence-electron chi connectivity index (χ3n) is 5.08. The van der Waals surface area contributed by atoms with Gasteiger partial charge in [0.15, 0.2) is 5.58 Å². The van der Waals surface area contributed by atoms with Gasteiger partial charge in [0.05, 0.1) is 29.7 Å². The van der Waals surface area contributed by atoms with Gasteiger partial charge in [-0.3, -0.25) is 9.78 Å². The summed E-state index contributed by atoms with van der Waals surface area (Å²) >= 11 is 0. The SMILES string of the molecule is Nc1oc2cc(F)cnc2c1C(=O)Nc1cnccc1N1C[C@@H](N)C[C@@H](C(F)(F)F)C1. The van der Waals surface area contributed by atoms with Crippen molar-refractivity contribution in [2.24, 2.45) is 11.7 Å². The molecule has 1 aliphatic heterocycles. The summed E-state index contributed by atoms with van der Waals surface area (Å²) in [6.07, 6.45) is -0.943. The lowest BCUT2D eigenvalue weighted by molar-refractivity contribution is -0.177. The molecular formula is C19H18F4N6O2. The van der Waals surface area contributed by atoms with Gasteiger partial charge in [-0.1, -0.05) is 0 Å². The van der Waals surface area contributed by atoms with Crippen LogP contribution in [0.4, 0.5) is 34.8 Å². The highest BCUT2D eigenvalue weighted by Gasteiger charge is 2.44. The van der Waals surface area contributed by atoms with Crippen LogP contribution in [0.3, 0.4) is 0 Å². The van der Waals surface area contributed by atoms with Gasteiger partial charge in [0.25, 0.3) is 5.91 Å². The lowest BCUT2D eigenvalue weighted by Crippen LogP contribution is -2.51. The highest BCUT2D eigenvalue weighted by atomic mass is 19.4. The van der Waals surface area contributed by atoms with E-state index in [-0.39, 0.29) is 47.7 Å². The van der Waals surface area contributed by atoms with Crippen molar-refractivity contribution in [2.75, 3.05) is 29.0 Å². The van der Waals surface area contributed by atoms with Crippen molar-refractivity contribution in [3.63, 3.8) is 0 Å². The van der Waals surface area contributed by atoms with Crippen LogP contribution in [0.2, 0.25) is 0 Å². The Hall–Kier alpha value is -3.41. The van der Waals surface area contributed by atoms with Gasteiger partial charge < -0.3 is 26.1 Å². The summed E-state index contributed by atoms with van der Waals surface area (Å²) < 4.78 is 58.5. The second kappa shape index (κ2) is 7.69. The maximum absolute atomic E-state index is 13.4. The number of anilines is 3. The van der Waals surface area contributed by atoms with E-state index in [2.05, 4.69) is 15.3 Å². The number of carbonyl (C=O) groups excluding carboxylic acids is 1. The van der Waals surface area contributed by atoms with Crippen LogP contribution in [-0.4, -0.2) is 41.2 Å². The molecule has 0 aromatic carbocycles. The fourth-order valence-corrected chi connectivity index (χ4v) is 3.71. The molecule has 0 spiro atoms. The largest absolute Gasteiger partial charge is 0.438 e. The Balaban J connectivity index is 1.64. The van der Waals surface area contributed by atoms with Crippen LogP contribution in [0.15, 0.2) is 35.1 Å². The van der Waals surface area contributed by atoms with E-state index in [9.17, 15) is 22.4 Å². The number of aromatic nitrogens is 2. The van der Waals surface area contributed by atoms with Crippen LogP contribution in [0.5, 0.6) is 0 Å². The molecule has 0 aliphatic carbocycles. The van der Waals surface area contributed by atoms with E-state index in [1.165, 1.54) is 23.4 Å². The van der Waals surface area contributed by atoms with Crippen LogP contribution in [0, 0.1) is 11.7 Å². The van der Waals surface area contributed by atoms with Gasteiger partial charge in [-0.2, -0.15) is 13.2 Å². The summed E-state index contributed by atoms with van der Waals surface area (Å²) in [7, 11) is 0. The fourth-order valence-electron chi connectivity index (χ4n) is 3.71. The monoisotopic (exact) mass is 438 g/mol. The molecule has 1 saturated heterocycles. The predicted octanol–water partition coefficient (Wildman–Crippen LogP) is 2.91. The first-order chi connectivity index (χ1) is 14.6. The second-order valence-corrected chi connectivity index (χ2v) is 7.33. The Morgan fingerprint density at radius 1 is 1.29 bits per heavy atom. The zero-order valence-corrected chi connectivity index (χ0v) is 16.0. The van der Waals surface area contributed by atoms with E-state index in [0.29, 0.717) is 5.69 Å². The number of piperidine rings is 1. The van der Waals surface area contributed by atoms with Crippen molar-refractivity contribution in [3.8, 4) is 0 Å². The van der Waals surface area contributed by atoms with Crippen LogP contribution < -0.4 is 21.7 Å². The van der Waals surface area contributed by atoms with E-state index in [1.807, 2.05) is 0 Å². The Labute approximate surface area is 173 Å². The summed E-state index contributed by atoms with van der Waals surface area (Å²) in [5.74, 6) is -3.25. The molecule has 2 atom stereocenters. The van der Waals surface area contributed by atoms with Crippen LogP contribution >= 0.6 is 0 Å². The molecule has 0 unspecified atom stereocenters. The van der Waals surface area contributed by atoms with E-state index in [0.717, 1.165) is 12.3 Å². The number of hydrogen-bond donors (Lipinski definition) is 3. The molecule has 3 aromatic rings. The number of furan rings is 1. The number of nitrogens with zero attached hydrogens (tertiary/aromatic N) is 3. The molecule has 3 aromatic heterocycles. The topological polar surface area (TPSA) is 123 Å². The van der Waals surface area contributed by atoms with Crippen molar-refractivity contribution < 1.29 is 26.8 Å². The first-order valence-corrected chi connectivity index (χ1v) is 9.29. The highest BCUT2D eigenvalue weighted by Crippen LogP contribution is 2.37. The van der Waals surface area contributed by atoms with Crippen LogP contribution in [0.1, 0.15) is 16.8 Å². The first-order valence-electron chi connectivity index (χ1n) is 9.29. The Kier molecular flexibility index (Phi) is 5.17. The number of fused-ring (bicyclic) bond motifs is 1. The average molecular weight is 438 g/mol. The molecule has 12 heteroatoms. The van der Waals surface area contributed by atoms with Gasteiger partial charge in [0.2, 0.25) is 5.88 Å². The molecule has 1 fully saturated rings. The van der Waals surface area contributed by atoms with Gasteiger partial charge >= 0.3 is 6.18 Å². The summed E-state index contributed by atoms with van der Waals surface area (Å²) in [6, 6.07) is 1.84. The van der Waals surface area contributed by atoms with Crippen molar-refractivity contribution in [1.82, 2.24) is 9.97 Å². The average Bonchev–Trinajstić information content (AvgIpc) is 3.02. The smallest absolute Gasteiger partial charge is 0.393 e. The fraction of sp³-hybridized carbons (Fsp3) is 0.316.